The number of nitrogens with one attached hydrogen (secondary N) is 1. The van der Waals surface area contributed by atoms with Gasteiger partial charge in [-0.05, 0) is 55.8 Å². The number of nitrogens with zero attached hydrogens (tertiary/aromatic N) is 2. The molecule has 1 aromatic rings. The summed E-state index contributed by atoms with van der Waals surface area (Å²) in [5, 5.41) is 12.4. The molecule has 2 saturated heterocycles. The molecule has 1 unspecified atom stereocenters. The van der Waals surface area contributed by atoms with E-state index in [0.717, 1.165) is 25.9 Å². The maximum Gasteiger partial charge on any atom is 0.317 e. The zero-order chi connectivity index (χ0) is 17.5. The van der Waals surface area contributed by atoms with Crippen LogP contribution in [0.2, 0.25) is 0 Å². The number of rotatable bonds is 5. The van der Waals surface area contributed by atoms with Gasteiger partial charge in [0.25, 0.3) is 0 Å². The summed E-state index contributed by atoms with van der Waals surface area (Å²) in [6, 6.07) is 8.42. The number of aliphatic hydroxyl groups is 1. The molecule has 0 spiro atoms. The third-order valence-electron chi connectivity index (χ3n) is 5.46. The molecule has 1 atom stereocenters. The van der Waals surface area contributed by atoms with E-state index >= 15 is 0 Å². The van der Waals surface area contributed by atoms with Gasteiger partial charge in [0.15, 0.2) is 0 Å². The number of likely N-dealkylation sites (tertiary alicyclic amines) is 2. The highest BCUT2D eigenvalue weighted by Gasteiger charge is 2.23. The van der Waals surface area contributed by atoms with Gasteiger partial charge >= 0.3 is 6.03 Å². The summed E-state index contributed by atoms with van der Waals surface area (Å²) in [6.45, 7) is 5.53. The summed E-state index contributed by atoms with van der Waals surface area (Å²) < 4.78 is 0. The molecule has 2 fully saturated rings. The first-order chi connectivity index (χ1) is 12.3. The number of hydrogen-bond acceptors (Lipinski definition) is 3. The molecule has 2 aliphatic rings. The monoisotopic (exact) mass is 345 g/mol. The van der Waals surface area contributed by atoms with Gasteiger partial charge in [-0.15, -0.1) is 0 Å². The summed E-state index contributed by atoms with van der Waals surface area (Å²) in [5.41, 5.74) is 2.52. The lowest BCUT2D eigenvalue weighted by Gasteiger charge is -2.32. The Balaban J connectivity index is 1.54. The van der Waals surface area contributed by atoms with Crippen molar-refractivity contribution >= 4 is 6.03 Å². The highest BCUT2D eigenvalue weighted by Crippen LogP contribution is 2.18. The lowest BCUT2D eigenvalue weighted by atomic mass is 9.99. The SMILES string of the molecule is O=C(NCc1ccccc1CN1CCCCC1)N1CCCC(CO)C1. The van der Waals surface area contributed by atoms with Crippen molar-refractivity contribution in [3.8, 4) is 0 Å². The molecule has 0 bridgehead atoms. The Bertz CT molecular complexity index is 558. The summed E-state index contributed by atoms with van der Waals surface area (Å²) in [6.07, 6.45) is 5.92. The van der Waals surface area contributed by atoms with Crippen LogP contribution in [-0.4, -0.2) is 53.7 Å². The molecule has 0 aromatic heterocycles. The summed E-state index contributed by atoms with van der Waals surface area (Å²) in [5.74, 6) is 0.228. The second kappa shape index (κ2) is 9.20. The molecule has 3 rings (SSSR count). The van der Waals surface area contributed by atoms with E-state index in [0.29, 0.717) is 13.1 Å². The lowest BCUT2D eigenvalue weighted by molar-refractivity contribution is 0.129. The lowest BCUT2D eigenvalue weighted by Crippen LogP contribution is -2.46. The van der Waals surface area contributed by atoms with Gasteiger partial charge in [-0.25, -0.2) is 4.79 Å². The molecule has 25 heavy (non-hydrogen) atoms. The fourth-order valence-corrected chi connectivity index (χ4v) is 3.92. The van der Waals surface area contributed by atoms with Gasteiger partial charge in [0, 0.05) is 32.8 Å². The maximum atomic E-state index is 12.5. The van der Waals surface area contributed by atoms with E-state index in [1.165, 1.54) is 43.5 Å². The van der Waals surface area contributed by atoms with E-state index in [1.807, 2.05) is 11.0 Å². The number of piperidine rings is 2. The van der Waals surface area contributed by atoms with Crippen LogP contribution in [-0.2, 0) is 13.1 Å². The van der Waals surface area contributed by atoms with E-state index in [9.17, 15) is 9.90 Å². The number of amides is 2. The number of urea groups is 1. The van der Waals surface area contributed by atoms with Crippen molar-refractivity contribution in [3.05, 3.63) is 35.4 Å². The Hall–Kier alpha value is -1.59. The van der Waals surface area contributed by atoms with Crippen molar-refractivity contribution < 1.29 is 9.90 Å². The number of carbonyl (C=O) groups is 1. The van der Waals surface area contributed by atoms with Gasteiger partial charge in [0.1, 0.15) is 0 Å². The molecule has 0 radical (unpaired) electrons. The van der Waals surface area contributed by atoms with Crippen molar-refractivity contribution in [2.75, 3.05) is 32.8 Å². The van der Waals surface area contributed by atoms with E-state index in [4.69, 9.17) is 0 Å². The van der Waals surface area contributed by atoms with Crippen LogP contribution in [0.25, 0.3) is 0 Å². The third kappa shape index (κ3) is 5.19. The molecule has 2 heterocycles. The van der Waals surface area contributed by atoms with Crippen molar-refractivity contribution in [1.29, 1.82) is 0 Å². The topological polar surface area (TPSA) is 55.8 Å². The second-order valence-corrected chi connectivity index (χ2v) is 7.40. The average molecular weight is 345 g/mol. The number of carbonyl (C=O) groups excluding carboxylic acids is 1. The molecule has 5 heteroatoms. The Labute approximate surface area is 151 Å². The molecular weight excluding hydrogens is 314 g/mol. The van der Waals surface area contributed by atoms with Crippen LogP contribution in [0.1, 0.15) is 43.2 Å². The second-order valence-electron chi connectivity index (χ2n) is 7.40. The number of benzene rings is 1. The van der Waals surface area contributed by atoms with Gasteiger partial charge in [-0.2, -0.15) is 0 Å². The van der Waals surface area contributed by atoms with Crippen LogP contribution in [0.3, 0.4) is 0 Å². The summed E-state index contributed by atoms with van der Waals surface area (Å²) in [4.78, 5) is 16.8. The minimum Gasteiger partial charge on any atom is -0.396 e. The molecule has 1 aromatic carbocycles. The van der Waals surface area contributed by atoms with Crippen LogP contribution in [0.4, 0.5) is 4.79 Å². The summed E-state index contributed by atoms with van der Waals surface area (Å²) in [7, 11) is 0. The highest BCUT2D eigenvalue weighted by molar-refractivity contribution is 5.74. The molecule has 138 valence electrons. The van der Waals surface area contributed by atoms with Gasteiger partial charge < -0.3 is 15.3 Å². The van der Waals surface area contributed by atoms with E-state index in [-0.39, 0.29) is 18.6 Å². The molecule has 2 N–H and O–H groups in total. The van der Waals surface area contributed by atoms with Crippen LogP contribution in [0, 0.1) is 5.92 Å². The minimum absolute atomic E-state index is 0.00840. The Morgan fingerprint density at radius 3 is 2.60 bits per heavy atom. The normalized spacial score (nSPS) is 22.0. The number of aliphatic hydroxyl groups excluding tert-OH is 1. The third-order valence-corrected chi connectivity index (χ3v) is 5.46. The Morgan fingerprint density at radius 2 is 1.84 bits per heavy atom. The average Bonchev–Trinajstić information content (AvgIpc) is 2.68. The largest absolute Gasteiger partial charge is 0.396 e. The van der Waals surface area contributed by atoms with Crippen molar-refractivity contribution in [3.63, 3.8) is 0 Å². The van der Waals surface area contributed by atoms with E-state index < -0.39 is 0 Å². The smallest absolute Gasteiger partial charge is 0.317 e. The van der Waals surface area contributed by atoms with Crippen LogP contribution in [0.15, 0.2) is 24.3 Å². The minimum atomic E-state index is -0.00840. The molecule has 0 aliphatic carbocycles. The van der Waals surface area contributed by atoms with E-state index in [1.54, 1.807) is 0 Å². The van der Waals surface area contributed by atoms with E-state index in [2.05, 4.69) is 28.4 Å². The molecule has 2 aliphatic heterocycles. The summed E-state index contributed by atoms with van der Waals surface area (Å²) >= 11 is 0. The van der Waals surface area contributed by atoms with Crippen LogP contribution >= 0.6 is 0 Å². The molecular formula is C20H31N3O2. The van der Waals surface area contributed by atoms with Gasteiger partial charge in [0.2, 0.25) is 0 Å². The molecule has 5 nitrogen and oxygen atoms in total. The molecule has 2 amide bonds. The van der Waals surface area contributed by atoms with Gasteiger partial charge in [-0.3, -0.25) is 4.90 Å². The van der Waals surface area contributed by atoms with Crippen molar-refractivity contribution in [2.24, 2.45) is 5.92 Å². The highest BCUT2D eigenvalue weighted by atomic mass is 16.3. The fraction of sp³-hybridized carbons (Fsp3) is 0.650. The van der Waals surface area contributed by atoms with Gasteiger partial charge in [0.05, 0.1) is 0 Å². The zero-order valence-corrected chi connectivity index (χ0v) is 15.1. The fourth-order valence-electron chi connectivity index (χ4n) is 3.92. The predicted molar refractivity (Wildman–Crippen MR) is 99.2 cm³/mol. The molecule has 0 saturated carbocycles. The zero-order valence-electron chi connectivity index (χ0n) is 15.1. The Morgan fingerprint density at radius 1 is 1.08 bits per heavy atom. The predicted octanol–water partition coefficient (Wildman–Crippen LogP) is 2.59. The first kappa shape index (κ1) is 18.2. The van der Waals surface area contributed by atoms with Crippen LogP contribution < -0.4 is 5.32 Å². The van der Waals surface area contributed by atoms with Crippen LogP contribution in [0.5, 0.6) is 0 Å². The van der Waals surface area contributed by atoms with Gasteiger partial charge in [-0.1, -0.05) is 30.7 Å². The standard InChI is InChI=1S/C20H31N3O2/c24-16-17-7-6-12-23(14-17)20(25)21-13-18-8-2-3-9-19(18)15-22-10-4-1-5-11-22/h2-3,8-9,17,24H,1,4-7,10-16H2,(H,21,25). The first-order valence-corrected chi connectivity index (χ1v) is 9.69. The number of hydrogen-bond donors (Lipinski definition) is 2. The van der Waals surface area contributed by atoms with Crippen molar-refractivity contribution in [1.82, 2.24) is 15.1 Å². The van der Waals surface area contributed by atoms with Crippen molar-refractivity contribution in [2.45, 2.75) is 45.2 Å². The quantitative estimate of drug-likeness (QED) is 0.862. The first-order valence-electron chi connectivity index (χ1n) is 9.69. The Kier molecular flexibility index (Phi) is 6.70. The maximum absolute atomic E-state index is 12.5.